The molecule has 13 heteroatoms. The molecule has 0 radical (unpaired) electrons. The van der Waals surface area contributed by atoms with Crippen LogP contribution < -0.4 is 16.0 Å². The summed E-state index contributed by atoms with van der Waals surface area (Å²) in [7, 11) is -3.59. The molecule has 1 unspecified atom stereocenters. The van der Waals surface area contributed by atoms with Crippen LogP contribution in [-0.2, 0) is 27.9 Å². The van der Waals surface area contributed by atoms with Gasteiger partial charge in [-0.15, -0.1) is 11.6 Å². The molecule has 0 aromatic carbocycles. The van der Waals surface area contributed by atoms with Crippen LogP contribution in [0.15, 0.2) is 0 Å². The number of hydrogen-bond acceptors (Lipinski definition) is 8. The van der Waals surface area contributed by atoms with Crippen LogP contribution in [0.1, 0.15) is 48.0 Å². The number of alkyl carbamates (subject to hydrolysis) is 1. The van der Waals surface area contributed by atoms with E-state index >= 15 is 0 Å². The third-order valence-electron chi connectivity index (χ3n) is 3.85. The van der Waals surface area contributed by atoms with Crippen LogP contribution in [0.5, 0.6) is 0 Å². The number of rotatable bonds is 14. The maximum atomic E-state index is 12.8. The van der Waals surface area contributed by atoms with Crippen LogP contribution in [0.2, 0.25) is 0 Å². The largest absolute Gasteiger partial charge is 0.444 e. The number of thioether (sulfide) groups is 1. The van der Waals surface area contributed by atoms with Gasteiger partial charge in [0, 0.05) is 0 Å². The minimum absolute atomic E-state index is 0.139. The zero-order chi connectivity index (χ0) is 24.9. The van der Waals surface area contributed by atoms with Crippen LogP contribution in [0.3, 0.4) is 0 Å². The highest BCUT2D eigenvalue weighted by Gasteiger charge is 2.35. The highest BCUT2D eigenvalue weighted by Crippen LogP contribution is 2.51. The Morgan fingerprint density at radius 3 is 1.97 bits per heavy atom. The Kier molecular flexibility index (Phi) is 14.5. The van der Waals surface area contributed by atoms with E-state index in [-0.39, 0.29) is 19.1 Å². The first kappa shape index (κ1) is 31.0. The third kappa shape index (κ3) is 11.7. The molecule has 0 rings (SSSR count). The summed E-state index contributed by atoms with van der Waals surface area (Å²) in [5.74, 6) is -1.84. The van der Waals surface area contributed by atoms with Crippen LogP contribution in [0.25, 0.3) is 0 Å². The van der Waals surface area contributed by atoms with Gasteiger partial charge < -0.3 is 29.7 Å². The maximum absolute atomic E-state index is 12.8. The number of hydrogen-bond donors (Lipinski definition) is 3. The normalized spacial score (nSPS) is 14.8. The van der Waals surface area contributed by atoms with Crippen molar-refractivity contribution in [1.82, 2.24) is 16.0 Å². The van der Waals surface area contributed by atoms with E-state index in [2.05, 4.69) is 16.0 Å². The van der Waals surface area contributed by atoms with Gasteiger partial charge in [-0.25, -0.2) is 4.79 Å². The van der Waals surface area contributed by atoms with Gasteiger partial charge in [0.25, 0.3) is 0 Å². The Balaban J connectivity index is 5.24. The lowest BCUT2D eigenvalue weighted by Crippen LogP contribution is -2.55. The number of nitrogens with one attached hydrogen (secondary N) is 3. The fourth-order valence-corrected chi connectivity index (χ4v) is 4.62. The van der Waals surface area contributed by atoms with Crippen molar-refractivity contribution in [2.45, 2.75) is 71.4 Å². The number of carbonyl (C=O) groups is 3. The molecule has 10 nitrogen and oxygen atoms in total. The van der Waals surface area contributed by atoms with Crippen molar-refractivity contribution in [3.63, 3.8) is 0 Å². The third-order valence-corrected chi connectivity index (χ3v) is 7.12. The average Bonchev–Trinajstić information content (AvgIpc) is 2.67. The maximum Gasteiger partial charge on any atom is 0.408 e. The standard InChI is InChI=1S/C19H37ClN3O7PS/c1-8-28-31(27,29-9-2)13(3)21-17(25)15(12-20)22-16(24)14(10-11-32-7)23-18(26)30-19(4,5)6/h13-15H,8-12H2,1-7H3,(H,21,25)(H,22,24)(H,23,26)/t13?,14-,15-/m0/s1. The van der Waals surface area contributed by atoms with Crippen molar-refractivity contribution >= 4 is 48.9 Å². The van der Waals surface area contributed by atoms with E-state index < -0.39 is 49.0 Å². The van der Waals surface area contributed by atoms with E-state index in [0.717, 1.165) is 0 Å². The van der Waals surface area contributed by atoms with Gasteiger partial charge in [-0.2, -0.15) is 11.8 Å². The summed E-state index contributed by atoms with van der Waals surface area (Å²) in [6.45, 7) is 10.2. The molecular formula is C19H37ClN3O7PS. The van der Waals surface area contributed by atoms with E-state index in [0.29, 0.717) is 12.2 Å². The predicted octanol–water partition coefficient (Wildman–Crippen LogP) is 3.08. The number of alkyl halides is 1. The summed E-state index contributed by atoms with van der Waals surface area (Å²) < 4.78 is 28.5. The van der Waals surface area contributed by atoms with Gasteiger partial charge in [-0.1, -0.05) is 0 Å². The Morgan fingerprint density at radius 2 is 1.53 bits per heavy atom. The Bertz CT molecular complexity index is 653. The number of ether oxygens (including phenoxy) is 1. The van der Waals surface area contributed by atoms with Gasteiger partial charge in [0.05, 0.1) is 19.1 Å². The van der Waals surface area contributed by atoms with Crippen LogP contribution in [0, 0.1) is 0 Å². The first-order valence-corrected chi connectivity index (χ1v) is 13.9. The lowest BCUT2D eigenvalue weighted by Gasteiger charge is -2.27. The number of amides is 3. The second-order valence-corrected chi connectivity index (χ2v) is 11.4. The van der Waals surface area contributed by atoms with Crippen molar-refractivity contribution in [1.29, 1.82) is 0 Å². The molecule has 3 atom stereocenters. The minimum Gasteiger partial charge on any atom is -0.444 e. The first-order valence-electron chi connectivity index (χ1n) is 10.4. The molecule has 188 valence electrons. The van der Waals surface area contributed by atoms with E-state index in [4.69, 9.17) is 25.4 Å². The first-order chi connectivity index (χ1) is 14.8. The van der Waals surface area contributed by atoms with Crippen molar-refractivity contribution in [3.8, 4) is 0 Å². The van der Waals surface area contributed by atoms with Crippen molar-refractivity contribution in [2.75, 3.05) is 31.1 Å². The molecule has 0 aliphatic rings. The lowest BCUT2D eigenvalue weighted by atomic mass is 10.2. The molecule has 3 N–H and O–H groups in total. The molecule has 0 aliphatic heterocycles. The molecule has 0 spiro atoms. The van der Waals surface area contributed by atoms with E-state index in [9.17, 15) is 18.9 Å². The van der Waals surface area contributed by atoms with Crippen molar-refractivity contribution < 1.29 is 32.7 Å². The Morgan fingerprint density at radius 1 is 1.00 bits per heavy atom. The highest BCUT2D eigenvalue weighted by atomic mass is 35.5. The summed E-state index contributed by atoms with van der Waals surface area (Å²) in [5, 5.41) is 7.59. The molecule has 0 saturated heterocycles. The molecule has 0 bridgehead atoms. The van der Waals surface area contributed by atoms with Crippen LogP contribution >= 0.6 is 31.0 Å². The molecule has 32 heavy (non-hydrogen) atoms. The second kappa shape index (κ2) is 15.0. The van der Waals surface area contributed by atoms with Gasteiger partial charge in [0.1, 0.15) is 23.5 Å². The van der Waals surface area contributed by atoms with E-state index in [1.807, 2.05) is 6.26 Å². The topological polar surface area (TPSA) is 132 Å². The van der Waals surface area contributed by atoms with Crippen LogP contribution in [0.4, 0.5) is 4.79 Å². The quantitative estimate of drug-likeness (QED) is 0.236. The van der Waals surface area contributed by atoms with E-state index in [1.54, 1.807) is 34.6 Å². The van der Waals surface area contributed by atoms with Crippen molar-refractivity contribution in [3.05, 3.63) is 0 Å². The molecule has 3 amide bonds. The number of carbonyl (C=O) groups excluding carboxylic acids is 3. The lowest BCUT2D eigenvalue weighted by molar-refractivity contribution is -0.129. The molecule has 0 fully saturated rings. The SMILES string of the molecule is CCOP(=O)(OCC)C(C)NC(=O)[C@H](CCl)NC(=O)[C@H](CCSC)NC(=O)OC(C)(C)C. The Labute approximate surface area is 200 Å². The van der Waals surface area contributed by atoms with Gasteiger partial charge >= 0.3 is 13.7 Å². The molecule has 0 aliphatic carbocycles. The van der Waals surface area contributed by atoms with Crippen LogP contribution in [-0.4, -0.2) is 72.5 Å². The van der Waals surface area contributed by atoms with Gasteiger partial charge in [-0.05, 0) is 60.0 Å². The Hall–Kier alpha value is -1.00. The molecular weight excluding hydrogens is 481 g/mol. The summed E-state index contributed by atoms with van der Waals surface area (Å²) in [4.78, 5) is 37.6. The fraction of sp³-hybridized carbons (Fsp3) is 0.842. The van der Waals surface area contributed by atoms with Gasteiger partial charge in [0.2, 0.25) is 11.8 Å². The smallest absolute Gasteiger partial charge is 0.408 e. The zero-order valence-corrected chi connectivity index (χ0v) is 22.3. The summed E-state index contributed by atoms with van der Waals surface area (Å²) in [6.07, 6.45) is 1.45. The van der Waals surface area contributed by atoms with Crippen molar-refractivity contribution in [2.24, 2.45) is 0 Å². The molecule has 0 aromatic heterocycles. The predicted molar refractivity (Wildman–Crippen MR) is 127 cm³/mol. The summed E-state index contributed by atoms with van der Waals surface area (Å²) in [6, 6.07) is -2.05. The van der Waals surface area contributed by atoms with Gasteiger partial charge in [0.15, 0.2) is 0 Å². The van der Waals surface area contributed by atoms with Gasteiger partial charge in [-0.3, -0.25) is 14.2 Å². The zero-order valence-electron chi connectivity index (χ0n) is 19.9. The summed E-state index contributed by atoms with van der Waals surface area (Å²) in [5.41, 5.74) is -0.728. The second-order valence-electron chi connectivity index (χ2n) is 7.76. The summed E-state index contributed by atoms with van der Waals surface area (Å²) >= 11 is 7.41. The fourth-order valence-electron chi connectivity index (χ4n) is 2.41. The average molecular weight is 518 g/mol. The number of halogens is 1. The minimum atomic E-state index is -3.59. The molecule has 0 aromatic rings. The molecule has 0 heterocycles. The van der Waals surface area contributed by atoms with E-state index in [1.165, 1.54) is 18.7 Å². The molecule has 0 saturated carbocycles. The monoisotopic (exact) mass is 517 g/mol. The highest BCUT2D eigenvalue weighted by molar-refractivity contribution is 7.98.